The van der Waals surface area contributed by atoms with Crippen LogP contribution in [0.15, 0.2) is 0 Å². The van der Waals surface area contributed by atoms with E-state index in [9.17, 15) is 0 Å². The Morgan fingerprint density at radius 3 is 2.83 bits per heavy atom. The Hall–Kier alpha value is -0.0800. The molecule has 1 N–H and O–H groups in total. The molecule has 2 nitrogen and oxygen atoms in total. The van der Waals surface area contributed by atoms with Gasteiger partial charge in [0.25, 0.3) is 0 Å². The van der Waals surface area contributed by atoms with E-state index in [1.807, 2.05) is 0 Å². The molecular weight excluding hydrogens is 150 g/mol. The summed E-state index contributed by atoms with van der Waals surface area (Å²) in [5.74, 6) is 1.75. The van der Waals surface area contributed by atoms with Gasteiger partial charge in [-0.3, -0.25) is 0 Å². The largest absolute Gasteiger partial charge is 0.381 e. The molecule has 1 saturated heterocycles. The van der Waals surface area contributed by atoms with E-state index in [0.717, 1.165) is 31.1 Å². The van der Waals surface area contributed by atoms with E-state index in [4.69, 9.17) is 4.74 Å². The summed E-state index contributed by atoms with van der Waals surface area (Å²) in [4.78, 5) is 0. The Morgan fingerprint density at radius 1 is 1.42 bits per heavy atom. The highest BCUT2D eigenvalue weighted by Gasteiger charge is 2.26. The maximum atomic E-state index is 5.32. The van der Waals surface area contributed by atoms with E-state index in [-0.39, 0.29) is 0 Å². The lowest BCUT2D eigenvalue weighted by Gasteiger charge is -2.34. The third kappa shape index (κ3) is 1.99. The van der Waals surface area contributed by atoms with Crippen LogP contribution in [0.3, 0.4) is 0 Å². The van der Waals surface area contributed by atoms with Gasteiger partial charge >= 0.3 is 0 Å². The zero-order valence-electron chi connectivity index (χ0n) is 7.88. The van der Waals surface area contributed by atoms with Crippen molar-refractivity contribution in [3.8, 4) is 0 Å². The first kappa shape index (κ1) is 8.52. The number of ether oxygens (including phenoxy) is 1. The van der Waals surface area contributed by atoms with Gasteiger partial charge in [-0.15, -0.1) is 0 Å². The van der Waals surface area contributed by atoms with Crippen LogP contribution in [0.4, 0.5) is 0 Å². The summed E-state index contributed by atoms with van der Waals surface area (Å²) in [7, 11) is 0. The van der Waals surface area contributed by atoms with Crippen LogP contribution in [0.25, 0.3) is 0 Å². The summed E-state index contributed by atoms with van der Waals surface area (Å²) in [6.45, 7) is 5.47. The standard InChI is InChI=1S/C10H19NO/c1-8-4-10(5-8)11-6-9-2-3-12-7-9/h8-11H,2-7H2,1H3. The molecular formula is C10H19NO. The van der Waals surface area contributed by atoms with Gasteiger partial charge in [-0.2, -0.15) is 0 Å². The van der Waals surface area contributed by atoms with Crippen molar-refractivity contribution in [3.05, 3.63) is 0 Å². The fourth-order valence-corrected chi connectivity index (χ4v) is 2.15. The Morgan fingerprint density at radius 2 is 2.25 bits per heavy atom. The molecule has 0 aromatic heterocycles. The Kier molecular flexibility index (Phi) is 2.66. The zero-order valence-corrected chi connectivity index (χ0v) is 7.88. The van der Waals surface area contributed by atoms with Crippen LogP contribution in [0.2, 0.25) is 0 Å². The first-order valence-electron chi connectivity index (χ1n) is 5.15. The van der Waals surface area contributed by atoms with Crippen LogP contribution >= 0.6 is 0 Å². The first-order chi connectivity index (χ1) is 5.84. The van der Waals surface area contributed by atoms with Crippen molar-refractivity contribution in [1.29, 1.82) is 0 Å². The van der Waals surface area contributed by atoms with Gasteiger partial charge in [-0.1, -0.05) is 6.92 Å². The van der Waals surface area contributed by atoms with Gasteiger partial charge in [-0.05, 0) is 31.1 Å². The van der Waals surface area contributed by atoms with E-state index >= 15 is 0 Å². The molecule has 0 aromatic carbocycles. The molecule has 1 atom stereocenters. The molecule has 1 unspecified atom stereocenters. The highest BCUT2D eigenvalue weighted by Crippen LogP contribution is 2.26. The van der Waals surface area contributed by atoms with E-state index in [1.165, 1.54) is 25.8 Å². The molecule has 0 spiro atoms. The normalized spacial score (nSPS) is 41.2. The van der Waals surface area contributed by atoms with Gasteiger partial charge in [0.15, 0.2) is 0 Å². The minimum absolute atomic E-state index is 0.793. The number of rotatable bonds is 3. The van der Waals surface area contributed by atoms with Crippen molar-refractivity contribution in [3.63, 3.8) is 0 Å². The second-order valence-electron chi connectivity index (χ2n) is 4.41. The highest BCUT2D eigenvalue weighted by molar-refractivity contribution is 4.83. The molecule has 2 heteroatoms. The van der Waals surface area contributed by atoms with Crippen molar-refractivity contribution in [2.24, 2.45) is 11.8 Å². The summed E-state index contributed by atoms with van der Waals surface area (Å²) in [5, 5.41) is 3.61. The average Bonchev–Trinajstić information content (AvgIpc) is 2.47. The summed E-state index contributed by atoms with van der Waals surface area (Å²) in [5.41, 5.74) is 0. The molecule has 0 amide bonds. The second kappa shape index (κ2) is 3.75. The lowest BCUT2D eigenvalue weighted by atomic mass is 9.82. The van der Waals surface area contributed by atoms with Crippen LogP contribution in [-0.2, 0) is 4.74 Å². The van der Waals surface area contributed by atoms with Gasteiger partial charge in [0, 0.05) is 19.2 Å². The molecule has 0 radical (unpaired) electrons. The van der Waals surface area contributed by atoms with Crippen molar-refractivity contribution in [2.45, 2.75) is 32.2 Å². The molecule has 1 heterocycles. The lowest BCUT2D eigenvalue weighted by Crippen LogP contribution is -2.42. The molecule has 2 aliphatic rings. The second-order valence-corrected chi connectivity index (χ2v) is 4.41. The number of nitrogens with one attached hydrogen (secondary N) is 1. The monoisotopic (exact) mass is 169 g/mol. The molecule has 2 rings (SSSR count). The topological polar surface area (TPSA) is 21.3 Å². The third-order valence-electron chi connectivity index (χ3n) is 3.09. The van der Waals surface area contributed by atoms with Crippen LogP contribution in [-0.4, -0.2) is 25.8 Å². The van der Waals surface area contributed by atoms with Gasteiger partial charge < -0.3 is 10.1 Å². The van der Waals surface area contributed by atoms with Crippen molar-refractivity contribution >= 4 is 0 Å². The quantitative estimate of drug-likeness (QED) is 0.689. The highest BCUT2D eigenvalue weighted by atomic mass is 16.5. The minimum Gasteiger partial charge on any atom is -0.381 e. The van der Waals surface area contributed by atoms with Gasteiger partial charge in [-0.25, -0.2) is 0 Å². The summed E-state index contributed by atoms with van der Waals surface area (Å²) < 4.78 is 5.32. The molecule has 2 fully saturated rings. The van der Waals surface area contributed by atoms with Gasteiger partial charge in [0.1, 0.15) is 0 Å². The third-order valence-corrected chi connectivity index (χ3v) is 3.09. The number of hydrogen-bond donors (Lipinski definition) is 1. The molecule has 1 aliphatic heterocycles. The van der Waals surface area contributed by atoms with E-state index < -0.39 is 0 Å². The van der Waals surface area contributed by atoms with Crippen molar-refractivity contribution < 1.29 is 4.74 Å². The van der Waals surface area contributed by atoms with Crippen LogP contribution in [0, 0.1) is 11.8 Å². The first-order valence-corrected chi connectivity index (χ1v) is 5.15. The average molecular weight is 169 g/mol. The predicted octanol–water partition coefficient (Wildman–Crippen LogP) is 1.41. The van der Waals surface area contributed by atoms with Crippen LogP contribution < -0.4 is 5.32 Å². The molecule has 1 aliphatic carbocycles. The van der Waals surface area contributed by atoms with Crippen LogP contribution in [0.1, 0.15) is 26.2 Å². The Balaban J connectivity index is 1.56. The summed E-state index contributed by atoms with van der Waals surface area (Å²) >= 11 is 0. The summed E-state index contributed by atoms with van der Waals surface area (Å²) in [6, 6.07) is 0.820. The molecule has 12 heavy (non-hydrogen) atoms. The number of hydrogen-bond acceptors (Lipinski definition) is 2. The molecule has 70 valence electrons. The van der Waals surface area contributed by atoms with E-state index in [0.29, 0.717) is 0 Å². The summed E-state index contributed by atoms with van der Waals surface area (Å²) in [6.07, 6.45) is 4.02. The predicted molar refractivity (Wildman–Crippen MR) is 49.1 cm³/mol. The fraction of sp³-hybridized carbons (Fsp3) is 1.00. The zero-order chi connectivity index (χ0) is 8.39. The smallest absolute Gasteiger partial charge is 0.0507 e. The molecule has 1 saturated carbocycles. The van der Waals surface area contributed by atoms with Gasteiger partial charge in [0.2, 0.25) is 0 Å². The maximum Gasteiger partial charge on any atom is 0.0507 e. The van der Waals surface area contributed by atoms with Gasteiger partial charge in [0.05, 0.1) is 6.61 Å². The van der Waals surface area contributed by atoms with E-state index in [2.05, 4.69) is 12.2 Å². The fourth-order valence-electron chi connectivity index (χ4n) is 2.15. The van der Waals surface area contributed by atoms with Crippen molar-refractivity contribution in [1.82, 2.24) is 5.32 Å². The van der Waals surface area contributed by atoms with E-state index in [1.54, 1.807) is 0 Å². The lowest BCUT2D eigenvalue weighted by molar-refractivity contribution is 0.179. The SMILES string of the molecule is CC1CC(NCC2CCOC2)C1. The maximum absolute atomic E-state index is 5.32. The minimum atomic E-state index is 0.793. The van der Waals surface area contributed by atoms with Crippen LogP contribution in [0.5, 0.6) is 0 Å². The molecule has 0 bridgehead atoms. The molecule has 0 aromatic rings. The Labute approximate surface area is 74.7 Å². The van der Waals surface area contributed by atoms with Crippen molar-refractivity contribution in [2.75, 3.05) is 19.8 Å². The Bertz CT molecular complexity index is 137.